The second kappa shape index (κ2) is 7.13. The lowest BCUT2D eigenvalue weighted by atomic mass is 9.88. The molecule has 1 aromatic heterocycles. The van der Waals surface area contributed by atoms with Crippen molar-refractivity contribution in [3.8, 4) is 0 Å². The van der Waals surface area contributed by atoms with Gasteiger partial charge in [-0.15, -0.1) is 0 Å². The second-order valence-corrected chi connectivity index (χ2v) is 6.11. The van der Waals surface area contributed by atoms with E-state index in [1.807, 2.05) is 0 Å². The molecule has 1 aromatic carbocycles. The van der Waals surface area contributed by atoms with Crippen molar-refractivity contribution in [3.63, 3.8) is 0 Å². The summed E-state index contributed by atoms with van der Waals surface area (Å²) in [5.41, 5.74) is 0.132. The number of benzene rings is 1. The van der Waals surface area contributed by atoms with Gasteiger partial charge in [-0.05, 0) is 50.0 Å². The Morgan fingerprint density at radius 1 is 1.25 bits per heavy atom. The van der Waals surface area contributed by atoms with Crippen LogP contribution in [0.3, 0.4) is 0 Å². The van der Waals surface area contributed by atoms with Gasteiger partial charge in [-0.25, -0.2) is 13.6 Å². The Morgan fingerprint density at radius 2 is 1.96 bits per heavy atom. The standard InChI is InChI=1S/C18H19F2NO3/c19-15-4-2-1-3-14(15)17(20)12-7-9-21(10-8-12)11-13-5-6-16(24-13)18(22)23/h1-6,12,17H,7-11H2,(H,22,23). The van der Waals surface area contributed by atoms with Crippen LogP contribution in [-0.4, -0.2) is 29.1 Å². The Morgan fingerprint density at radius 3 is 2.58 bits per heavy atom. The van der Waals surface area contributed by atoms with E-state index in [4.69, 9.17) is 9.52 Å². The highest BCUT2D eigenvalue weighted by molar-refractivity contribution is 5.84. The van der Waals surface area contributed by atoms with Crippen LogP contribution in [0.2, 0.25) is 0 Å². The van der Waals surface area contributed by atoms with Gasteiger partial charge in [0, 0.05) is 5.56 Å². The van der Waals surface area contributed by atoms with E-state index in [0.717, 1.165) is 0 Å². The number of piperidine rings is 1. The normalized spacial score (nSPS) is 17.8. The highest BCUT2D eigenvalue weighted by Gasteiger charge is 2.29. The van der Waals surface area contributed by atoms with Crippen LogP contribution in [0.5, 0.6) is 0 Å². The number of aromatic carboxylic acids is 1. The summed E-state index contributed by atoms with van der Waals surface area (Å²) in [5, 5.41) is 8.85. The van der Waals surface area contributed by atoms with Gasteiger partial charge in [0.1, 0.15) is 17.7 Å². The van der Waals surface area contributed by atoms with E-state index in [-0.39, 0.29) is 17.2 Å². The van der Waals surface area contributed by atoms with Gasteiger partial charge >= 0.3 is 5.97 Å². The lowest BCUT2D eigenvalue weighted by Gasteiger charge is -2.33. The van der Waals surface area contributed by atoms with E-state index in [0.29, 0.717) is 38.2 Å². The summed E-state index contributed by atoms with van der Waals surface area (Å²) in [6.07, 6.45) is -0.0418. The first-order chi connectivity index (χ1) is 11.5. The highest BCUT2D eigenvalue weighted by atomic mass is 19.1. The minimum absolute atomic E-state index is 0.0803. The molecule has 6 heteroatoms. The van der Waals surface area contributed by atoms with Crippen LogP contribution in [0.25, 0.3) is 0 Å². The van der Waals surface area contributed by atoms with Gasteiger partial charge < -0.3 is 9.52 Å². The third-order valence-corrected chi connectivity index (χ3v) is 4.50. The Labute approximate surface area is 138 Å². The number of carbonyl (C=O) groups is 1. The predicted octanol–water partition coefficient (Wildman–Crippen LogP) is 4.04. The average molecular weight is 335 g/mol. The van der Waals surface area contributed by atoms with Crippen LogP contribution in [-0.2, 0) is 6.54 Å². The number of likely N-dealkylation sites (tertiary alicyclic amines) is 1. The van der Waals surface area contributed by atoms with Gasteiger partial charge in [-0.1, -0.05) is 18.2 Å². The predicted molar refractivity (Wildman–Crippen MR) is 83.9 cm³/mol. The van der Waals surface area contributed by atoms with Crippen molar-refractivity contribution in [1.29, 1.82) is 0 Å². The molecule has 128 valence electrons. The molecule has 1 unspecified atom stereocenters. The summed E-state index contributed by atoms with van der Waals surface area (Å²) in [4.78, 5) is 12.9. The largest absolute Gasteiger partial charge is 0.475 e. The molecule has 0 aliphatic carbocycles. The molecule has 2 aromatic rings. The first-order valence-electron chi connectivity index (χ1n) is 7.97. The number of nitrogens with zero attached hydrogens (tertiary/aromatic N) is 1. The minimum Gasteiger partial charge on any atom is -0.475 e. The molecular formula is C18H19F2NO3. The summed E-state index contributed by atoms with van der Waals surface area (Å²) >= 11 is 0. The van der Waals surface area contributed by atoms with Gasteiger partial charge in [-0.3, -0.25) is 4.90 Å². The van der Waals surface area contributed by atoms with Crippen molar-refractivity contribution in [2.75, 3.05) is 13.1 Å². The van der Waals surface area contributed by atoms with E-state index in [2.05, 4.69) is 4.90 Å². The first-order valence-corrected chi connectivity index (χ1v) is 7.97. The summed E-state index contributed by atoms with van der Waals surface area (Å²) in [6.45, 7) is 1.84. The van der Waals surface area contributed by atoms with Gasteiger partial charge in [0.25, 0.3) is 0 Å². The molecule has 1 aliphatic heterocycles. The maximum absolute atomic E-state index is 14.6. The zero-order valence-corrected chi connectivity index (χ0v) is 13.1. The molecule has 0 radical (unpaired) electrons. The number of carboxylic acids is 1. The fourth-order valence-corrected chi connectivity index (χ4v) is 3.15. The van der Waals surface area contributed by atoms with Gasteiger partial charge in [0.05, 0.1) is 6.54 Å². The van der Waals surface area contributed by atoms with Crippen molar-refractivity contribution in [2.45, 2.75) is 25.6 Å². The summed E-state index contributed by atoms with van der Waals surface area (Å²) in [7, 11) is 0. The van der Waals surface area contributed by atoms with Crippen molar-refractivity contribution in [2.24, 2.45) is 5.92 Å². The Bertz CT molecular complexity index is 708. The molecule has 0 amide bonds. The number of halogens is 2. The first kappa shape index (κ1) is 16.6. The Hall–Kier alpha value is -2.21. The molecule has 0 saturated carbocycles. The molecule has 1 saturated heterocycles. The number of furan rings is 1. The number of rotatable bonds is 5. The second-order valence-electron chi connectivity index (χ2n) is 6.11. The van der Waals surface area contributed by atoms with E-state index in [1.165, 1.54) is 18.2 Å². The lowest BCUT2D eigenvalue weighted by molar-refractivity contribution is 0.0655. The molecule has 2 heterocycles. The van der Waals surface area contributed by atoms with Crippen LogP contribution in [0.1, 0.15) is 40.9 Å². The minimum atomic E-state index is -1.30. The summed E-state index contributed by atoms with van der Waals surface area (Å²) < 4.78 is 33.5. The van der Waals surface area contributed by atoms with Crippen LogP contribution in [0.4, 0.5) is 8.78 Å². The zero-order valence-electron chi connectivity index (χ0n) is 13.1. The number of hydrogen-bond donors (Lipinski definition) is 1. The van der Waals surface area contributed by atoms with Gasteiger partial charge in [0.15, 0.2) is 0 Å². The van der Waals surface area contributed by atoms with Crippen LogP contribution in [0, 0.1) is 11.7 Å². The molecule has 24 heavy (non-hydrogen) atoms. The summed E-state index contributed by atoms with van der Waals surface area (Å²) in [5.74, 6) is -1.29. The molecule has 0 bridgehead atoms. The molecule has 1 aliphatic rings. The number of carboxylic acid groups (broad SMARTS) is 1. The molecular weight excluding hydrogens is 316 g/mol. The number of hydrogen-bond acceptors (Lipinski definition) is 3. The van der Waals surface area contributed by atoms with E-state index in [9.17, 15) is 13.6 Å². The average Bonchev–Trinajstić information content (AvgIpc) is 3.04. The van der Waals surface area contributed by atoms with E-state index in [1.54, 1.807) is 18.2 Å². The van der Waals surface area contributed by atoms with E-state index < -0.39 is 18.0 Å². The quantitative estimate of drug-likeness (QED) is 0.896. The van der Waals surface area contributed by atoms with Gasteiger partial charge in [0.2, 0.25) is 5.76 Å². The van der Waals surface area contributed by atoms with Crippen LogP contribution >= 0.6 is 0 Å². The SMILES string of the molecule is O=C(O)c1ccc(CN2CCC(C(F)c3ccccc3F)CC2)o1. The topological polar surface area (TPSA) is 53.7 Å². The van der Waals surface area contributed by atoms with Crippen LogP contribution in [0.15, 0.2) is 40.8 Å². The maximum atomic E-state index is 14.6. The van der Waals surface area contributed by atoms with Crippen molar-refractivity contribution in [3.05, 3.63) is 59.3 Å². The molecule has 1 N–H and O–H groups in total. The molecule has 3 rings (SSSR count). The maximum Gasteiger partial charge on any atom is 0.371 e. The summed E-state index contributed by atoms with van der Waals surface area (Å²) in [6, 6.07) is 9.07. The number of alkyl halides is 1. The third-order valence-electron chi connectivity index (χ3n) is 4.50. The van der Waals surface area contributed by atoms with E-state index >= 15 is 0 Å². The monoisotopic (exact) mass is 335 g/mol. The molecule has 1 atom stereocenters. The Kier molecular flexibility index (Phi) is 4.94. The molecule has 0 spiro atoms. The van der Waals surface area contributed by atoms with Crippen molar-refractivity contribution in [1.82, 2.24) is 4.90 Å². The lowest BCUT2D eigenvalue weighted by Crippen LogP contribution is -2.34. The third kappa shape index (κ3) is 3.64. The molecule has 4 nitrogen and oxygen atoms in total. The van der Waals surface area contributed by atoms with Crippen molar-refractivity contribution >= 4 is 5.97 Å². The van der Waals surface area contributed by atoms with Gasteiger partial charge in [-0.2, -0.15) is 0 Å². The molecule has 1 fully saturated rings. The van der Waals surface area contributed by atoms with Crippen LogP contribution < -0.4 is 0 Å². The smallest absolute Gasteiger partial charge is 0.371 e. The fourth-order valence-electron chi connectivity index (χ4n) is 3.15. The zero-order chi connectivity index (χ0) is 17.1. The fraction of sp³-hybridized carbons (Fsp3) is 0.389. The highest BCUT2D eigenvalue weighted by Crippen LogP contribution is 2.35. The Balaban J connectivity index is 1.55. The van der Waals surface area contributed by atoms with Crippen molar-refractivity contribution < 1.29 is 23.1 Å².